The smallest absolute Gasteiger partial charge is 0.252 e. The number of carbonyl (C=O) groups is 1. The van der Waals surface area contributed by atoms with E-state index in [-0.39, 0.29) is 11.9 Å². The van der Waals surface area contributed by atoms with Gasteiger partial charge in [-0.15, -0.1) is 11.3 Å². The number of thiophene rings is 1. The molecule has 3 rings (SSSR count). The molecule has 1 aromatic heterocycles. The molecule has 0 saturated heterocycles. The summed E-state index contributed by atoms with van der Waals surface area (Å²) in [7, 11) is 4.60. The maximum Gasteiger partial charge on any atom is 0.252 e. The van der Waals surface area contributed by atoms with Crippen molar-refractivity contribution in [1.82, 2.24) is 5.32 Å². The highest BCUT2D eigenvalue weighted by atomic mass is 32.1. The number of aryl methyl sites for hydroxylation is 1. The summed E-state index contributed by atoms with van der Waals surface area (Å²) in [5.41, 5.74) is 2.77. The fourth-order valence-electron chi connectivity index (χ4n) is 3.37. The van der Waals surface area contributed by atoms with Gasteiger partial charge in [0.15, 0.2) is 11.5 Å². The van der Waals surface area contributed by atoms with Crippen LogP contribution >= 0.6 is 11.3 Å². The summed E-state index contributed by atoms with van der Waals surface area (Å²) in [5.74, 6) is 1.13. The van der Waals surface area contributed by atoms with E-state index in [0.29, 0.717) is 22.8 Å². The van der Waals surface area contributed by atoms with E-state index in [4.69, 9.17) is 14.2 Å². The van der Waals surface area contributed by atoms with Crippen LogP contribution in [0.1, 0.15) is 45.7 Å². The Morgan fingerprint density at radius 3 is 2.17 bits per heavy atom. The summed E-state index contributed by atoms with van der Waals surface area (Å²) in [6.07, 6.45) is 2.15. The number of rotatable bonds is 9. The second-order valence-corrected chi connectivity index (χ2v) is 7.81. The highest BCUT2D eigenvalue weighted by molar-refractivity contribution is 7.10. The van der Waals surface area contributed by atoms with Gasteiger partial charge in [-0.2, -0.15) is 0 Å². The van der Waals surface area contributed by atoms with Gasteiger partial charge in [0.05, 0.1) is 27.4 Å². The van der Waals surface area contributed by atoms with Crippen LogP contribution < -0.4 is 19.5 Å². The highest BCUT2D eigenvalue weighted by Gasteiger charge is 2.22. The molecule has 0 saturated carbocycles. The van der Waals surface area contributed by atoms with E-state index in [1.807, 2.05) is 17.5 Å². The standard InChI is InChI=1S/C24H27NO4S/c1-5-7-16-9-11-17(12-10-16)22(21-8-6-13-30-21)25-24(26)18-14-19(27-2)23(29-4)20(15-18)28-3/h6,8-15,22H,5,7H2,1-4H3,(H,25,26)/t22-/m1/s1. The number of amides is 1. The Hall–Kier alpha value is -2.99. The van der Waals surface area contributed by atoms with Crippen LogP contribution in [-0.4, -0.2) is 27.2 Å². The van der Waals surface area contributed by atoms with Gasteiger partial charge in [-0.3, -0.25) is 4.79 Å². The van der Waals surface area contributed by atoms with Crippen molar-refractivity contribution in [2.24, 2.45) is 0 Å². The SMILES string of the molecule is CCCc1ccc([C@@H](NC(=O)c2cc(OC)c(OC)c(OC)c2)c2cccs2)cc1. The van der Waals surface area contributed by atoms with Gasteiger partial charge in [-0.05, 0) is 41.1 Å². The van der Waals surface area contributed by atoms with Gasteiger partial charge in [-0.25, -0.2) is 0 Å². The Morgan fingerprint density at radius 1 is 1.00 bits per heavy atom. The van der Waals surface area contributed by atoms with Gasteiger partial charge < -0.3 is 19.5 Å². The van der Waals surface area contributed by atoms with Gasteiger partial charge in [0.1, 0.15) is 0 Å². The fraction of sp³-hybridized carbons (Fsp3) is 0.292. The van der Waals surface area contributed by atoms with E-state index in [2.05, 4.69) is 36.5 Å². The lowest BCUT2D eigenvalue weighted by Gasteiger charge is -2.20. The molecule has 0 unspecified atom stereocenters. The third-order valence-corrected chi connectivity index (χ3v) is 5.82. The maximum absolute atomic E-state index is 13.2. The van der Waals surface area contributed by atoms with Crippen LogP contribution in [0.4, 0.5) is 0 Å². The van der Waals surface area contributed by atoms with Gasteiger partial charge >= 0.3 is 0 Å². The van der Waals surface area contributed by atoms with E-state index in [0.717, 1.165) is 23.3 Å². The van der Waals surface area contributed by atoms with Crippen molar-refractivity contribution < 1.29 is 19.0 Å². The molecule has 0 aliphatic heterocycles. The summed E-state index contributed by atoms with van der Waals surface area (Å²) >= 11 is 1.61. The summed E-state index contributed by atoms with van der Waals surface area (Å²) in [5, 5.41) is 5.18. The zero-order valence-electron chi connectivity index (χ0n) is 17.7. The van der Waals surface area contributed by atoms with E-state index < -0.39 is 0 Å². The lowest BCUT2D eigenvalue weighted by Crippen LogP contribution is -2.29. The van der Waals surface area contributed by atoms with E-state index in [9.17, 15) is 4.79 Å². The van der Waals surface area contributed by atoms with Crippen LogP contribution in [0.25, 0.3) is 0 Å². The fourth-order valence-corrected chi connectivity index (χ4v) is 4.17. The molecule has 5 nitrogen and oxygen atoms in total. The van der Waals surface area contributed by atoms with Crippen molar-refractivity contribution in [3.63, 3.8) is 0 Å². The molecule has 0 fully saturated rings. The number of methoxy groups -OCH3 is 3. The van der Waals surface area contributed by atoms with Crippen LogP contribution in [0, 0.1) is 0 Å². The summed E-state index contributed by atoms with van der Waals surface area (Å²) < 4.78 is 16.1. The minimum absolute atomic E-state index is 0.217. The first-order valence-electron chi connectivity index (χ1n) is 9.84. The predicted octanol–water partition coefficient (Wildman–Crippen LogP) is 5.25. The normalized spacial score (nSPS) is 11.6. The van der Waals surface area contributed by atoms with Crippen LogP contribution in [0.15, 0.2) is 53.9 Å². The number of nitrogens with one attached hydrogen (secondary N) is 1. The Morgan fingerprint density at radius 2 is 1.67 bits per heavy atom. The molecule has 0 aliphatic rings. The maximum atomic E-state index is 13.2. The van der Waals surface area contributed by atoms with E-state index in [1.54, 1.807) is 23.5 Å². The Bertz CT molecular complexity index is 942. The van der Waals surface area contributed by atoms with Crippen molar-refractivity contribution >= 4 is 17.2 Å². The molecule has 0 radical (unpaired) electrons. The van der Waals surface area contributed by atoms with Crippen LogP contribution in [-0.2, 0) is 6.42 Å². The van der Waals surface area contributed by atoms with Crippen molar-refractivity contribution in [2.75, 3.05) is 21.3 Å². The quantitative estimate of drug-likeness (QED) is 0.509. The average molecular weight is 426 g/mol. The Kier molecular flexibility index (Phi) is 7.36. The van der Waals surface area contributed by atoms with E-state index in [1.165, 1.54) is 26.9 Å². The first-order valence-corrected chi connectivity index (χ1v) is 10.7. The highest BCUT2D eigenvalue weighted by Crippen LogP contribution is 2.38. The molecule has 30 heavy (non-hydrogen) atoms. The van der Waals surface area contributed by atoms with Gasteiger partial charge in [-0.1, -0.05) is 43.7 Å². The zero-order chi connectivity index (χ0) is 21.5. The molecular weight excluding hydrogens is 398 g/mol. The number of ether oxygens (including phenoxy) is 3. The molecule has 1 atom stereocenters. The minimum atomic E-state index is -0.243. The van der Waals surface area contributed by atoms with Crippen molar-refractivity contribution in [2.45, 2.75) is 25.8 Å². The van der Waals surface area contributed by atoms with Crippen LogP contribution in [0.5, 0.6) is 17.2 Å². The average Bonchev–Trinajstić information content (AvgIpc) is 3.31. The molecule has 3 aromatic rings. The largest absolute Gasteiger partial charge is 0.493 e. The van der Waals surface area contributed by atoms with Crippen molar-refractivity contribution in [1.29, 1.82) is 0 Å². The molecule has 0 aliphatic carbocycles. The molecule has 158 valence electrons. The molecule has 1 amide bonds. The molecular formula is C24H27NO4S. The molecule has 2 aromatic carbocycles. The Balaban J connectivity index is 1.92. The molecule has 1 N–H and O–H groups in total. The number of benzene rings is 2. The van der Waals surface area contributed by atoms with Gasteiger partial charge in [0.25, 0.3) is 5.91 Å². The van der Waals surface area contributed by atoms with Crippen LogP contribution in [0.3, 0.4) is 0 Å². The number of carbonyl (C=O) groups excluding carboxylic acids is 1. The summed E-state index contributed by atoms with van der Waals surface area (Å²) in [6.45, 7) is 2.17. The molecule has 1 heterocycles. The second-order valence-electron chi connectivity index (χ2n) is 6.83. The van der Waals surface area contributed by atoms with Crippen LogP contribution in [0.2, 0.25) is 0 Å². The van der Waals surface area contributed by atoms with Gasteiger partial charge in [0, 0.05) is 10.4 Å². The third-order valence-electron chi connectivity index (χ3n) is 4.88. The van der Waals surface area contributed by atoms with E-state index >= 15 is 0 Å². The topological polar surface area (TPSA) is 56.8 Å². The third kappa shape index (κ3) is 4.76. The van der Waals surface area contributed by atoms with Crippen molar-refractivity contribution in [3.05, 3.63) is 75.5 Å². The van der Waals surface area contributed by atoms with Crippen molar-refractivity contribution in [3.8, 4) is 17.2 Å². The Labute approximate surface area is 181 Å². The molecule has 6 heteroatoms. The summed E-state index contributed by atoms with van der Waals surface area (Å²) in [6, 6.07) is 15.5. The number of hydrogen-bond donors (Lipinski definition) is 1. The molecule has 0 spiro atoms. The summed E-state index contributed by atoms with van der Waals surface area (Å²) in [4.78, 5) is 14.2. The monoisotopic (exact) mass is 425 g/mol. The number of hydrogen-bond acceptors (Lipinski definition) is 5. The lowest BCUT2D eigenvalue weighted by molar-refractivity contribution is 0.0942. The lowest BCUT2D eigenvalue weighted by atomic mass is 10.0. The molecule has 0 bridgehead atoms. The first-order chi connectivity index (χ1) is 14.6. The predicted molar refractivity (Wildman–Crippen MR) is 120 cm³/mol. The first kappa shape index (κ1) is 21.7. The second kappa shape index (κ2) is 10.2. The minimum Gasteiger partial charge on any atom is -0.493 e. The van der Waals surface area contributed by atoms with Gasteiger partial charge in [0.2, 0.25) is 5.75 Å². The zero-order valence-corrected chi connectivity index (χ0v) is 18.5.